The van der Waals surface area contributed by atoms with Gasteiger partial charge >= 0.3 is 5.97 Å². The van der Waals surface area contributed by atoms with Crippen LogP contribution in [0, 0.1) is 11.7 Å². The summed E-state index contributed by atoms with van der Waals surface area (Å²) in [7, 11) is 3.31. The second kappa shape index (κ2) is 9.90. The van der Waals surface area contributed by atoms with Crippen molar-refractivity contribution in [2.24, 2.45) is 5.92 Å². The molecular formula is C21H28FN3O5. The highest BCUT2D eigenvalue weighted by atomic mass is 19.1. The monoisotopic (exact) mass is 421 g/mol. The number of aliphatic hydroxyl groups excluding tert-OH is 1. The average molecular weight is 421 g/mol. The number of amides is 1. The van der Waals surface area contributed by atoms with Crippen LogP contribution in [0.25, 0.3) is 0 Å². The van der Waals surface area contributed by atoms with Gasteiger partial charge in [-0.25, -0.2) is 9.18 Å². The SMILES string of the molecule is COC(=O)C1=C(Nc2ccc(OCC3CCN(C)CC3)c(F)c2)C(=O)N(CCO)C1. The Kier molecular flexibility index (Phi) is 7.28. The number of esters is 1. The number of halogens is 1. The van der Waals surface area contributed by atoms with Crippen molar-refractivity contribution in [3.8, 4) is 5.75 Å². The number of benzene rings is 1. The molecule has 2 aliphatic rings. The minimum Gasteiger partial charge on any atom is -0.490 e. The summed E-state index contributed by atoms with van der Waals surface area (Å²) in [5, 5.41) is 11.9. The number of β-amino-alcohol motifs (C(OH)–C–C–N with tert-alkyl or cyclic N) is 1. The van der Waals surface area contributed by atoms with E-state index in [9.17, 15) is 14.0 Å². The molecule has 0 atom stereocenters. The van der Waals surface area contributed by atoms with Crippen LogP contribution in [-0.2, 0) is 14.3 Å². The van der Waals surface area contributed by atoms with Gasteiger partial charge in [0.15, 0.2) is 11.6 Å². The summed E-state index contributed by atoms with van der Waals surface area (Å²) in [4.78, 5) is 28.2. The zero-order chi connectivity index (χ0) is 21.7. The number of rotatable bonds is 8. The molecule has 0 unspecified atom stereocenters. The Balaban J connectivity index is 1.67. The molecule has 30 heavy (non-hydrogen) atoms. The molecule has 3 rings (SSSR count). The maximum atomic E-state index is 14.5. The van der Waals surface area contributed by atoms with E-state index in [1.807, 2.05) is 0 Å². The Labute approximate surface area is 175 Å². The molecular weight excluding hydrogens is 393 g/mol. The van der Waals surface area contributed by atoms with Gasteiger partial charge in [0.1, 0.15) is 5.70 Å². The molecule has 0 aliphatic carbocycles. The van der Waals surface area contributed by atoms with Gasteiger partial charge in [-0.2, -0.15) is 0 Å². The van der Waals surface area contributed by atoms with Gasteiger partial charge in [-0.3, -0.25) is 4.79 Å². The van der Waals surface area contributed by atoms with Gasteiger partial charge in [0, 0.05) is 18.3 Å². The maximum absolute atomic E-state index is 14.5. The van der Waals surface area contributed by atoms with Crippen LogP contribution in [-0.4, -0.2) is 80.3 Å². The lowest BCUT2D eigenvalue weighted by Crippen LogP contribution is -2.32. The molecule has 9 heteroatoms. The van der Waals surface area contributed by atoms with Gasteiger partial charge in [-0.05, 0) is 51.0 Å². The number of likely N-dealkylation sites (tertiary alicyclic amines) is 1. The van der Waals surface area contributed by atoms with Crippen molar-refractivity contribution < 1.29 is 28.6 Å². The Morgan fingerprint density at radius 1 is 1.33 bits per heavy atom. The van der Waals surface area contributed by atoms with E-state index in [4.69, 9.17) is 14.6 Å². The van der Waals surface area contributed by atoms with Gasteiger partial charge in [0.2, 0.25) is 0 Å². The predicted molar refractivity (Wildman–Crippen MR) is 108 cm³/mol. The largest absolute Gasteiger partial charge is 0.490 e. The molecule has 2 aliphatic heterocycles. The Morgan fingerprint density at radius 2 is 2.07 bits per heavy atom. The molecule has 1 aromatic rings. The number of hydrogen-bond acceptors (Lipinski definition) is 7. The smallest absolute Gasteiger partial charge is 0.337 e. The first-order valence-electron chi connectivity index (χ1n) is 10.0. The van der Waals surface area contributed by atoms with E-state index >= 15 is 0 Å². The molecule has 0 bridgehead atoms. The molecule has 0 aromatic heterocycles. The van der Waals surface area contributed by atoms with Crippen molar-refractivity contribution in [3.63, 3.8) is 0 Å². The van der Waals surface area contributed by atoms with Crippen molar-refractivity contribution >= 4 is 17.6 Å². The van der Waals surface area contributed by atoms with Crippen molar-refractivity contribution in [1.29, 1.82) is 0 Å². The molecule has 1 aromatic carbocycles. The minimum atomic E-state index is -0.648. The lowest BCUT2D eigenvalue weighted by Gasteiger charge is -2.28. The third kappa shape index (κ3) is 5.09. The second-order valence-corrected chi connectivity index (χ2v) is 7.62. The van der Waals surface area contributed by atoms with Gasteiger partial charge in [-0.15, -0.1) is 0 Å². The first-order valence-corrected chi connectivity index (χ1v) is 10.0. The van der Waals surface area contributed by atoms with Crippen LogP contribution in [0.4, 0.5) is 10.1 Å². The van der Waals surface area contributed by atoms with Crippen LogP contribution in [0.5, 0.6) is 5.75 Å². The number of carbonyl (C=O) groups excluding carboxylic acids is 2. The maximum Gasteiger partial charge on any atom is 0.337 e. The molecule has 2 N–H and O–H groups in total. The van der Waals surface area contributed by atoms with Crippen LogP contribution < -0.4 is 10.1 Å². The highest BCUT2D eigenvalue weighted by molar-refractivity contribution is 6.08. The van der Waals surface area contributed by atoms with Gasteiger partial charge in [0.05, 0.1) is 32.4 Å². The fourth-order valence-corrected chi connectivity index (χ4v) is 3.63. The van der Waals surface area contributed by atoms with Crippen molar-refractivity contribution in [1.82, 2.24) is 9.80 Å². The topological polar surface area (TPSA) is 91.3 Å². The summed E-state index contributed by atoms with van der Waals surface area (Å²) in [5.41, 5.74) is 0.475. The van der Waals surface area contributed by atoms with E-state index < -0.39 is 17.7 Å². The third-order valence-corrected chi connectivity index (χ3v) is 5.47. The predicted octanol–water partition coefficient (Wildman–Crippen LogP) is 1.22. The lowest BCUT2D eigenvalue weighted by molar-refractivity contribution is -0.136. The Bertz CT molecular complexity index is 821. The molecule has 0 saturated carbocycles. The summed E-state index contributed by atoms with van der Waals surface area (Å²) in [6.07, 6.45) is 2.04. The number of hydrogen-bond donors (Lipinski definition) is 2. The van der Waals surface area contributed by atoms with Crippen LogP contribution in [0.2, 0.25) is 0 Å². The molecule has 164 valence electrons. The van der Waals surface area contributed by atoms with Crippen molar-refractivity contribution in [3.05, 3.63) is 35.3 Å². The highest BCUT2D eigenvalue weighted by Crippen LogP contribution is 2.27. The third-order valence-electron chi connectivity index (χ3n) is 5.47. The highest BCUT2D eigenvalue weighted by Gasteiger charge is 2.34. The quantitative estimate of drug-likeness (QED) is 0.610. The van der Waals surface area contributed by atoms with E-state index in [-0.39, 0.29) is 36.7 Å². The van der Waals surface area contributed by atoms with Crippen molar-refractivity contribution in [2.75, 3.05) is 58.9 Å². The summed E-state index contributed by atoms with van der Waals surface area (Å²) in [5.74, 6) is -1.09. The van der Waals surface area contributed by atoms with Gasteiger partial charge in [0.25, 0.3) is 5.91 Å². The Morgan fingerprint density at radius 3 is 2.70 bits per heavy atom. The van der Waals surface area contributed by atoms with Crippen LogP contribution in [0.3, 0.4) is 0 Å². The number of piperidine rings is 1. The Hall–Kier alpha value is -2.65. The number of aliphatic hydroxyl groups is 1. The number of methoxy groups -OCH3 is 1. The van der Waals surface area contributed by atoms with E-state index in [1.165, 1.54) is 24.1 Å². The van der Waals surface area contributed by atoms with Crippen molar-refractivity contribution in [2.45, 2.75) is 12.8 Å². The van der Waals surface area contributed by atoms with Crippen LogP contribution >= 0.6 is 0 Å². The lowest BCUT2D eigenvalue weighted by atomic mass is 9.98. The normalized spacial score (nSPS) is 18.1. The van der Waals surface area contributed by atoms with E-state index in [1.54, 1.807) is 6.07 Å². The zero-order valence-electron chi connectivity index (χ0n) is 17.3. The number of anilines is 1. The molecule has 1 amide bonds. The second-order valence-electron chi connectivity index (χ2n) is 7.62. The van der Waals surface area contributed by atoms with E-state index in [0.717, 1.165) is 25.9 Å². The summed E-state index contributed by atoms with van der Waals surface area (Å²) >= 11 is 0. The summed E-state index contributed by atoms with van der Waals surface area (Å²) < 4.78 is 25.0. The first kappa shape index (κ1) is 22.0. The fourth-order valence-electron chi connectivity index (χ4n) is 3.63. The molecule has 1 fully saturated rings. The fraction of sp³-hybridized carbons (Fsp3) is 0.524. The van der Waals surface area contributed by atoms with E-state index in [2.05, 4.69) is 17.3 Å². The zero-order valence-corrected chi connectivity index (χ0v) is 17.3. The van der Waals surface area contributed by atoms with Gasteiger partial charge < -0.3 is 29.7 Å². The van der Waals surface area contributed by atoms with Crippen LogP contribution in [0.15, 0.2) is 29.5 Å². The van der Waals surface area contributed by atoms with E-state index in [0.29, 0.717) is 18.2 Å². The summed E-state index contributed by atoms with van der Waals surface area (Å²) in [6, 6.07) is 4.33. The average Bonchev–Trinajstić information content (AvgIpc) is 3.04. The standard InChI is InChI=1S/C21H28FN3O5/c1-24-7-5-14(6-8-24)13-30-18-4-3-15(11-17(18)22)23-19-16(21(28)29-2)12-25(9-10-26)20(19)27/h3-4,11,14,23,26H,5-10,12-13H2,1-2H3. The molecule has 1 saturated heterocycles. The molecule has 2 heterocycles. The number of ether oxygens (including phenoxy) is 2. The molecule has 0 spiro atoms. The molecule has 8 nitrogen and oxygen atoms in total. The summed E-state index contributed by atoms with van der Waals surface area (Å²) in [6.45, 7) is 2.36. The number of carbonyl (C=O) groups is 2. The van der Waals surface area contributed by atoms with Crippen LogP contribution in [0.1, 0.15) is 12.8 Å². The molecule has 0 radical (unpaired) electrons. The number of nitrogens with one attached hydrogen (secondary N) is 1. The van der Waals surface area contributed by atoms with Gasteiger partial charge in [-0.1, -0.05) is 0 Å². The minimum absolute atomic E-state index is 0.0225. The number of nitrogens with zero attached hydrogens (tertiary/aromatic N) is 2. The first-order chi connectivity index (χ1) is 14.4.